The van der Waals surface area contributed by atoms with Crippen LogP contribution in [0.25, 0.3) is 5.69 Å². The van der Waals surface area contributed by atoms with E-state index in [0.717, 1.165) is 12.1 Å². The van der Waals surface area contributed by atoms with Gasteiger partial charge in [0, 0.05) is 30.3 Å². The summed E-state index contributed by atoms with van der Waals surface area (Å²) < 4.78 is 40.3. The highest BCUT2D eigenvalue weighted by molar-refractivity contribution is 5.93. The number of nitrogens with zero attached hydrogens (tertiary/aromatic N) is 3. The summed E-state index contributed by atoms with van der Waals surface area (Å²) in [5, 5.41) is 17.5. The van der Waals surface area contributed by atoms with Crippen molar-refractivity contribution >= 4 is 11.6 Å². The largest absolute Gasteiger partial charge is 0.416 e. The number of amides is 1. The Labute approximate surface area is 175 Å². The van der Waals surface area contributed by atoms with E-state index < -0.39 is 28.0 Å². The second-order valence-electron chi connectivity index (χ2n) is 7.59. The van der Waals surface area contributed by atoms with Gasteiger partial charge in [-0.3, -0.25) is 14.9 Å². The van der Waals surface area contributed by atoms with E-state index in [1.54, 1.807) is 19.9 Å². The van der Waals surface area contributed by atoms with Gasteiger partial charge in [-0.05, 0) is 23.8 Å². The Kier molecular flexibility index (Phi) is 5.83. The van der Waals surface area contributed by atoms with Gasteiger partial charge in [-0.25, -0.2) is 4.68 Å². The number of non-ortho nitro benzene ring substituents is 1. The maximum absolute atomic E-state index is 13.0. The summed E-state index contributed by atoms with van der Waals surface area (Å²) in [7, 11) is 0. The monoisotopic (exact) mass is 432 g/mol. The first-order chi connectivity index (χ1) is 14.5. The van der Waals surface area contributed by atoms with Crippen molar-refractivity contribution in [2.75, 3.05) is 6.54 Å². The van der Waals surface area contributed by atoms with Crippen LogP contribution in [0.2, 0.25) is 0 Å². The molecule has 0 aliphatic heterocycles. The van der Waals surface area contributed by atoms with Crippen LogP contribution in [0.15, 0.2) is 60.9 Å². The number of hydrogen-bond acceptors (Lipinski definition) is 4. The Morgan fingerprint density at radius 1 is 1.13 bits per heavy atom. The second-order valence-corrected chi connectivity index (χ2v) is 7.59. The predicted octanol–water partition coefficient (Wildman–Crippen LogP) is 4.51. The van der Waals surface area contributed by atoms with Crippen molar-refractivity contribution in [3.05, 3.63) is 87.7 Å². The minimum atomic E-state index is -4.44. The Balaban J connectivity index is 1.69. The summed E-state index contributed by atoms with van der Waals surface area (Å²) >= 11 is 0. The van der Waals surface area contributed by atoms with Crippen molar-refractivity contribution in [2.24, 2.45) is 0 Å². The Hall–Kier alpha value is -3.69. The van der Waals surface area contributed by atoms with E-state index >= 15 is 0 Å². The summed E-state index contributed by atoms with van der Waals surface area (Å²) in [5.74, 6) is -0.437. The van der Waals surface area contributed by atoms with Gasteiger partial charge < -0.3 is 5.32 Å². The van der Waals surface area contributed by atoms with Crippen molar-refractivity contribution in [2.45, 2.75) is 25.4 Å². The van der Waals surface area contributed by atoms with Crippen molar-refractivity contribution in [3.8, 4) is 5.69 Å². The van der Waals surface area contributed by atoms with Crippen LogP contribution in [-0.2, 0) is 11.6 Å². The number of alkyl halides is 3. The number of nitro benzene ring substituents is 1. The minimum absolute atomic E-state index is 0.0642. The van der Waals surface area contributed by atoms with Gasteiger partial charge in [0.2, 0.25) is 0 Å². The zero-order valence-corrected chi connectivity index (χ0v) is 16.7. The first kappa shape index (κ1) is 22.0. The fourth-order valence-corrected chi connectivity index (χ4v) is 2.93. The summed E-state index contributed by atoms with van der Waals surface area (Å²) in [6.45, 7) is 3.59. The van der Waals surface area contributed by atoms with E-state index in [2.05, 4.69) is 10.4 Å². The Morgan fingerprint density at radius 3 is 2.39 bits per heavy atom. The predicted molar refractivity (Wildman–Crippen MR) is 107 cm³/mol. The number of hydrogen-bond donors (Lipinski definition) is 1. The van der Waals surface area contributed by atoms with Gasteiger partial charge in [0.15, 0.2) is 0 Å². The molecule has 31 heavy (non-hydrogen) atoms. The summed E-state index contributed by atoms with van der Waals surface area (Å²) in [5.41, 5.74) is -0.318. The van der Waals surface area contributed by atoms with Crippen LogP contribution in [0, 0.1) is 10.1 Å². The van der Waals surface area contributed by atoms with Crippen molar-refractivity contribution in [1.82, 2.24) is 15.1 Å². The molecule has 7 nitrogen and oxygen atoms in total. The molecular weight excluding hydrogens is 413 g/mol. The number of carbonyl (C=O) groups is 1. The first-order valence-electron chi connectivity index (χ1n) is 9.23. The molecule has 1 N–H and O–H groups in total. The van der Waals surface area contributed by atoms with Gasteiger partial charge in [-0.15, -0.1) is 0 Å². The maximum atomic E-state index is 13.0. The molecule has 0 fully saturated rings. The van der Waals surface area contributed by atoms with E-state index in [9.17, 15) is 28.1 Å². The summed E-state index contributed by atoms with van der Waals surface area (Å²) in [4.78, 5) is 22.7. The number of rotatable bonds is 6. The maximum Gasteiger partial charge on any atom is 0.416 e. The average molecular weight is 432 g/mol. The molecule has 2 aromatic carbocycles. The van der Waals surface area contributed by atoms with E-state index in [-0.39, 0.29) is 17.8 Å². The molecule has 1 heterocycles. The van der Waals surface area contributed by atoms with Crippen molar-refractivity contribution in [3.63, 3.8) is 0 Å². The van der Waals surface area contributed by atoms with Crippen molar-refractivity contribution < 1.29 is 22.9 Å². The lowest BCUT2D eigenvalue weighted by Gasteiger charge is -2.26. The Morgan fingerprint density at radius 2 is 1.77 bits per heavy atom. The van der Waals surface area contributed by atoms with Crippen LogP contribution in [0.1, 0.15) is 35.3 Å². The van der Waals surface area contributed by atoms with Crippen LogP contribution in [0.4, 0.5) is 18.9 Å². The van der Waals surface area contributed by atoms with Crippen LogP contribution in [0.5, 0.6) is 0 Å². The van der Waals surface area contributed by atoms with E-state index in [1.165, 1.54) is 47.4 Å². The molecule has 0 saturated heterocycles. The van der Waals surface area contributed by atoms with Gasteiger partial charge in [-0.2, -0.15) is 18.3 Å². The summed E-state index contributed by atoms with van der Waals surface area (Å²) in [6.07, 6.45) is -1.64. The number of nitro groups is 1. The molecule has 3 aromatic rings. The number of benzene rings is 2. The molecule has 0 radical (unpaired) electrons. The van der Waals surface area contributed by atoms with E-state index in [4.69, 9.17) is 0 Å². The molecule has 10 heteroatoms. The van der Waals surface area contributed by atoms with Crippen LogP contribution in [0.3, 0.4) is 0 Å². The van der Waals surface area contributed by atoms with Gasteiger partial charge in [0.05, 0.1) is 27.9 Å². The zero-order chi connectivity index (χ0) is 22.8. The minimum Gasteiger partial charge on any atom is -0.351 e. The SMILES string of the molecule is CC(C)(CNC(=O)c1cnn(-c2ccc([N+](=O)[O-])cc2)c1)c1cccc(C(F)(F)F)c1. The zero-order valence-electron chi connectivity index (χ0n) is 16.7. The number of aromatic nitrogens is 2. The summed E-state index contributed by atoms with van der Waals surface area (Å²) in [6, 6.07) is 10.7. The number of halogens is 3. The van der Waals surface area contributed by atoms with Gasteiger partial charge in [0.1, 0.15) is 0 Å². The first-order valence-corrected chi connectivity index (χ1v) is 9.23. The third-order valence-corrected chi connectivity index (χ3v) is 4.83. The molecule has 0 saturated carbocycles. The topological polar surface area (TPSA) is 90.1 Å². The van der Waals surface area contributed by atoms with Gasteiger partial charge in [-0.1, -0.05) is 32.0 Å². The van der Waals surface area contributed by atoms with Crippen molar-refractivity contribution in [1.29, 1.82) is 0 Å². The Bertz CT molecular complexity index is 1110. The number of carbonyl (C=O) groups excluding carboxylic acids is 1. The molecule has 0 bridgehead atoms. The molecule has 0 spiro atoms. The molecule has 0 aliphatic rings. The smallest absolute Gasteiger partial charge is 0.351 e. The third kappa shape index (κ3) is 5.08. The van der Waals surface area contributed by atoms with Gasteiger partial charge in [0.25, 0.3) is 11.6 Å². The average Bonchev–Trinajstić information content (AvgIpc) is 3.22. The molecule has 0 aliphatic carbocycles. The molecule has 1 amide bonds. The highest BCUT2D eigenvalue weighted by Crippen LogP contribution is 2.32. The fourth-order valence-electron chi connectivity index (χ4n) is 2.93. The van der Waals surface area contributed by atoms with E-state index in [0.29, 0.717) is 11.3 Å². The highest BCUT2D eigenvalue weighted by Gasteiger charge is 2.32. The molecule has 0 atom stereocenters. The fraction of sp³-hybridized carbons (Fsp3) is 0.238. The highest BCUT2D eigenvalue weighted by atomic mass is 19.4. The third-order valence-electron chi connectivity index (χ3n) is 4.83. The van der Waals surface area contributed by atoms with Crippen LogP contribution in [-0.4, -0.2) is 27.2 Å². The second kappa shape index (κ2) is 8.21. The lowest BCUT2D eigenvalue weighted by Crippen LogP contribution is -2.36. The molecule has 0 unspecified atom stereocenters. The van der Waals surface area contributed by atoms with Gasteiger partial charge >= 0.3 is 6.18 Å². The quantitative estimate of drug-likeness (QED) is 0.459. The molecule has 1 aromatic heterocycles. The molecular formula is C21H19F3N4O3. The van der Waals surface area contributed by atoms with Crippen LogP contribution >= 0.6 is 0 Å². The number of nitrogens with one attached hydrogen (secondary N) is 1. The lowest BCUT2D eigenvalue weighted by atomic mass is 9.83. The molecule has 3 rings (SSSR count). The normalized spacial score (nSPS) is 11.9. The standard InChI is InChI=1S/C21H19F3N4O3/c1-20(2,15-4-3-5-16(10-15)21(22,23)24)13-25-19(29)14-11-26-27(12-14)17-6-8-18(9-7-17)28(30)31/h3-12H,13H2,1-2H3,(H,25,29). The lowest BCUT2D eigenvalue weighted by molar-refractivity contribution is -0.384. The van der Waals surface area contributed by atoms with Crippen LogP contribution < -0.4 is 5.32 Å². The van der Waals surface area contributed by atoms with E-state index in [1.807, 2.05) is 0 Å². The molecule has 162 valence electrons.